The maximum absolute atomic E-state index is 12.4. The van der Waals surface area contributed by atoms with Crippen LogP contribution < -0.4 is 4.74 Å². The summed E-state index contributed by atoms with van der Waals surface area (Å²) in [7, 11) is 0.987. The number of methoxy groups -OCH3 is 1. The monoisotopic (exact) mass is 327 g/mol. The molecule has 4 nitrogen and oxygen atoms in total. The summed E-state index contributed by atoms with van der Waals surface area (Å²) in [5, 5.41) is 8.83. The Hall–Kier alpha value is -2.02. The highest BCUT2D eigenvalue weighted by Gasteiger charge is 2.33. The third kappa shape index (κ3) is 4.78. The summed E-state index contributed by atoms with van der Waals surface area (Å²) in [5.74, 6) is -1.93. The van der Waals surface area contributed by atoms with Gasteiger partial charge in [-0.2, -0.15) is 27.2 Å². The molecule has 0 amide bonds. The van der Waals surface area contributed by atoms with Gasteiger partial charge >= 0.3 is 18.1 Å². The summed E-state index contributed by atoms with van der Waals surface area (Å²) < 4.78 is 70.1. The Morgan fingerprint density at radius 2 is 2.00 bits per heavy atom. The third-order valence-electron chi connectivity index (χ3n) is 2.03. The first-order valence-electron chi connectivity index (χ1n) is 5.05. The number of carbonyl (C=O) groups is 1. The molecular weight excluding hydrogens is 321 g/mol. The minimum Gasteiger partial charge on any atom is -0.465 e. The Bertz CT molecular complexity index is 582. The summed E-state index contributed by atoms with van der Waals surface area (Å²) in [4.78, 5) is 10.5. The lowest BCUT2D eigenvalue weighted by atomic mass is 10.1. The van der Waals surface area contributed by atoms with Gasteiger partial charge < -0.3 is 9.47 Å². The van der Waals surface area contributed by atoms with Gasteiger partial charge in [0.1, 0.15) is 11.8 Å². The van der Waals surface area contributed by atoms with E-state index in [0.717, 1.165) is 13.2 Å². The number of alkyl halides is 5. The van der Waals surface area contributed by atoms with Crippen LogP contribution in [0.3, 0.4) is 0 Å². The zero-order chi connectivity index (χ0) is 16.2. The van der Waals surface area contributed by atoms with Crippen molar-refractivity contribution in [3.05, 3.63) is 23.3 Å². The number of benzene rings is 1. The van der Waals surface area contributed by atoms with E-state index >= 15 is 0 Å². The van der Waals surface area contributed by atoms with Crippen molar-refractivity contribution >= 4 is 17.7 Å². The number of carbonyl (C=O) groups excluding carboxylic acids is 1. The third-order valence-corrected chi connectivity index (χ3v) is 2.89. The van der Waals surface area contributed by atoms with Gasteiger partial charge in [0.2, 0.25) is 0 Å². The van der Waals surface area contributed by atoms with Crippen LogP contribution in [0.15, 0.2) is 17.0 Å². The molecule has 0 heterocycles. The fourth-order valence-corrected chi connectivity index (χ4v) is 1.98. The van der Waals surface area contributed by atoms with Gasteiger partial charge in [0.05, 0.1) is 23.1 Å². The van der Waals surface area contributed by atoms with E-state index in [4.69, 9.17) is 5.26 Å². The molecule has 114 valence electrons. The summed E-state index contributed by atoms with van der Waals surface area (Å²) in [5.41, 5.74) is -5.83. The van der Waals surface area contributed by atoms with Crippen molar-refractivity contribution in [2.75, 3.05) is 7.11 Å². The molecule has 0 atom stereocenters. The van der Waals surface area contributed by atoms with E-state index in [1.807, 2.05) is 0 Å². The normalized spacial score (nSPS) is 11.1. The highest BCUT2D eigenvalue weighted by molar-refractivity contribution is 8.00. The van der Waals surface area contributed by atoms with Crippen LogP contribution in [-0.4, -0.2) is 25.2 Å². The number of esters is 1. The Kier molecular flexibility index (Phi) is 5.37. The number of thioether (sulfide) groups is 1. The second-order valence-corrected chi connectivity index (χ2v) is 4.46. The Labute approximate surface area is 119 Å². The molecule has 0 aromatic heterocycles. The van der Waals surface area contributed by atoms with Gasteiger partial charge in [-0.25, -0.2) is 4.79 Å². The second-order valence-electron chi connectivity index (χ2n) is 3.38. The number of hydrogen-bond acceptors (Lipinski definition) is 5. The first-order valence-corrected chi connectivity index (χ1v) is 5.86. The van der Waals surface area contributed by atoms with E-state index < -0.39 is 46.1 Å². The molecule has 0 saturated carbocycles. The summed E-state index contributed by atoms with van der Waals surface area (Å²) in [6.07, 6.45) is 0. The van der Waals surface area contributed by atoms with Crippen LogP contribution in [-0.2, 0) is 4.74 Å². The van der Waals surface area contributed by atoms with E-state index in [-0.39, 0.29) is 5.56 Å². The molecule has 10 heteroatoms. The first kappa shape index (κ1) is 17.0. The molecule has 0 aliphatic carbocycles. The first-order chi connectivity index (χ1) is 9.67. The molecule has 0 saturated heterocycles. The van der Waals surface area contributed by atoms with Gasteiger partial charge in [-0.3, -0.25) is 0 Å². The minimum atomic E-state index is -4.82. The van der Waals surface area contributed by atoms with E-state index in [9.17, 15) is 26.7 Å². The number of nitrogens with zero attached hydrogens (tertiary/aromatic N) is 1. The fraction of sp³-hybridized carbons (Fsp3) is 0.273. The largest absolute Gasteiger partial charge is 0.465 e. The van der Waals surface area contributed by atoms with Crippen molar-refractivity contribution in [3.63, 3.8) is 0 Å². The van der Waals surface area contributed by atoms with Crippen molar-refractivity contribution in [2.24, 2.45) is 0 Å². The smallest absolute Gasteiger partial charge is 0.446 e. The highest BCUT2D eigenvalue weighted by atomic mass is 32.2. The van der Waals surface area contributed by atoms with Crippen LogP contribution in [0.1, 0.15) is 15.9 Å². The van der Waals surface area contributed by atoms with Gasteiger partial charge in [-0.1, -0.05) is 0 Å². The van der Waals surface area contributed by atoms with E-state index in [0.29, 0.717) is 6.07 Å². The summed E-state index contributed by atoms with van der Waals surface area (Å²) in [6.45, 7) is -3.42. The number of rotatable bonds is 4. The predicted octanol–water partition coefficient (Wildman–Crippen LogP) is 3.56. The molecular formula is C11H6F5NO3S. The molecule has 0 spiro atoms. The molecule has 1 aromatic carbocycles. The lowest BCUT2D eigenvalue weighted by molar-refractivity contribution is -0.0528. The van der Waals surface area contributed by atoms with Crippen molar-refractivity contribution in [1.82, 2.24) is 0 Å². The Balaban J connectivity index is 3.45. The molecule has 0 aliphatic heterocycles. The topological polar surface area (TPSA) is 59.3 Å². The van der Waals surface area contributed by atoms with Gasteiger partial charge in [0.25, 0.3) is 0 Å². The van der Waals surface area contributed by atoms with Crippen LogP contribution in [0.25, 0.3) is 0 Å². The molecule has 1 aromatic rings. The molecule has 0 fully saturated rings. The average Bonchev–Trinajstić information content (AvgIpc) is 2.37. The zero-order valence-electron chi connectivity index (χ0n) is 10.2. The van der Waals surface area contributed by atoms with Crippen LogP contribution in [0.5, 0.6) is 5.75 Å². The SMILES string of the molecule is COC(=O)c1cc(C#N)c(SC(F)(F)F)c(OC(F)F)c1. The lowest BCUT2D eigenvalue weighted by Gasteiger charge is -2.14. The van der Waals surface area contributed by atoms with Crippen LogP contribution in [0, 0.1) is 11.3 Å². The van der Waals surface area contributed by atoms with Crippen molar-refractivity contribution in [3.8, 4) is 11.8 Å². The summed E-state index contributed by atoms with van der Waals surface area (Å²) >= 11 is -0.784. The summed E-state index contributed by atoms with van der Waals surface area (Å²) in [6, 6.07) is 2.86. The zero-order valence-corrected chi connectivity index (χ0v) is 11.0. The molecule has 1 rings (SSSR count). The van der Waals surface area contributed by atoms with Crippen LogP contribution in [0.2, 0.25) is 0 Å². The number of halogens is 5. The molecule has 0 bridgehead atoms. The molecule has 0 aliphatic rings. The minimum absolute atomic E-state index is 0.378. The number of hydrogen-bond donors (Lipinski definition) is 0. The molecule has 21 heavy (non-hydrogen) atoms. The predicted molar refractivity (Wildman–Crippen MR) is 61.0 cm³/mol. The average molecular weight is 327 g/mol. The molecule has 0 radical (unpaired) electrons. The maximum Gasteiger partial charge on any atom is 0.446 e. The molecule has 0 unspecified atom stereocenters. The van der Waals surface area contributed by atoms with Crippen LogP contribution >= 0.6 is 11.8 Å². The highest BCUT2D eigenvalue weighted by Crippen LogP contribution is 2.44. The Morgan fingerprint density at radius 3 is 2.43 bits per heavy atom. The van der Waals surface area contributed by atoms with Crippen LogP contribution in [0.4, 0.5) is 22.0 Å². The van der Waals surface area contributed by atoms with Gasteiger partial charge in [-0.05, 0) is 23.9 Å². The fourth-order valence-electron chi connectivity index (χ4n) is 1.33. The lowest BCUT2D eigenvalue weighted by Crippen LogP contribution is -2.09. The van der Waals surface area contributed by atoms with Crippen molar-refractivity contribution in [2.45, 2.75) is 17.0 Å². The van der Waals surface area contributed by atoms with Gasteiger partial charge in [0.15, 0.2) is 0 Å². The quantitative estimate of drug-likeness (QED) is 0.481. The van der Waals surface area contributed by atoms with E-state index in [1.54, 1.807) is 0 Å². The van der Waals surface area contributed by atoms with E-state index in [2.05, 4.69) is 9.47 Å². The van der Waals surface area contributed by atoms with Crippen molar-refractivity contribution in [1.29, 1.82) is 5.26 Å². The number of ether oxygens (including phenoxy) is 2. The maximum atomic E-state index is 12.4. The van der Waals surface area contributed by atoms with E-state index in [1.165, 1.54) is 6.07 Å². The standard InChI is InChI=1S/C11H6F5NO3S/c1-19-9(18)5-2-6(4-17)8(21-11(14,15)16)7(3-5)20-10(12)13/h2-3,10H,1H3. The number of nitriles is 1. The van der Waals surface area contributed by atoms with Crippen molar-refractivity contribution < 1.29 is 36.2 Å². The Morgan fingerprint density at radius 1 is 1.38 bits per heavy atom. The van der Waals surface area contributed by atoms with Gasteiger partial charge in [0, 0.05) is 0 Å². The van der Waals surface area contributed by atoms with Gasteiger partial charge in [-0.15, -0.1) is 0 Å². The molecule has 0 N–H and O–H groups in total. The second kappa shape index (κ2) is 6.62.